The minimum absolute atomic E-state index is 0.395. The maximum atomic E-state index is 5.23. The Morgan fingerprint density at radius 3 is 3.00 bits per heavy atom. The highest BCUT2D eigenvalue weighted by Gasteiger charge is 2.25. The van der Waals surface area contributed by atoms with Crippen LogP contribution >= 0.6 is 0 Å². The van der Waals surface area contributed by atoms with Crippen LogP contribution in [0.2, 0.25) is 0 Å². The van der Waals surface area contributed by atoms with Gasteiger partial charge in [0, 0.05) is 26.3 Å². The van der Waals surface area contributed by atoms with E-state index in [0.717, 1.165) is 24.7 Å². The molecule has 5 nitrogen and oxygen atoms in total. The first-order valence-electron chi connectivity index (χ1n) is 5.00. The van der Waals surface area contributed by atoms with Crippen LogP contribution in [0.5, 0.6) is 0 Å². The maximum absolute atomic E-state index is 5.23. The third-order valence-corrected chi connectivity index (χ3v) is 2.75. The third kappa shape index (κ3) is 1.35. The normalized spacial score (nSPS) is 16.6. The average Bonchev–Trinajstić information content (AvgIpc) is 2.70. The highest BCUT2D eigenvalue weighted by Crippen LogP contribution is 2.21. The molecule has 3 rings (SSSR count). The molecule has 1 aliphatic heterocycles. The number of rotatable bonds is 2. The third-order valence-electron chi connectivity index (χ3n) is 2.75. The van der Waals surface area contributed by atoms with E-state index in [-0.39, 0.29) is 0 Å². The Morgan fingerprint density at radius 2 is 2.40 bits per heavy atom. The van der Waals surface area contributed by atoms with E-state index in [4.69, 9.17) is 4.52 Å². The predicted molar refractivity (Wildman–Crippen MR) is 54.3 cm³/mol. The van der Waals surface area contributed by atoms with Crippen molar-refractivity contribution in [3.05, 3.63) is 24.2 Å². The topological polar surface area (TPSA) is 55.9 Å². The molecule has 2 aromatic rings. The zero-order chi connectivity index (χ0) is 10.3. The highest BCUT2D eigenvalue weighted by atomic mass is 16.5. The van der Waals surface area contributed by atoms with Crippen molar-refractivity contribution in [2.75, 3.05) is 13.1 Å². The zero-order valence-corrected chi connectivity index (χ0v) is 8.47. The smallest absolute Gasteiger partial charge is 0.232 e. The van der Waals surface area contributed by atoms with Gasteiger partial charge in [-0.2, -0.15) is 4.98 Å². The van der Waals surface area contributed by atoms with Gasteiger partial charge < -0.3 is 14.4 Å². The van der Waals surface area contributed by atoms with Crippen molar-refractivity contribution >= 4 is 0 Å². The van der Waals surface area contributed by atoms with Crippen LogP contribution in [-0.2, 0) is 7.05 Å². The molecule has 0 aliphatic carbocycles. The Kier molecular flexibility index (Phi) is 1.85. The summed E-state index contributed by atoms with van der Waals surface area (Å²) in [6.07, 6.45) is 1.97. The number of nitrogens with one attached hydrogen (secondary N) is 1. The number of aromatic nitrogens is 3. The summed E-state index contributed by atoms with van der Waals surface area (Å²) in [5.41, 5.74) is 0.984. The molecular formula is C10H12N4O. The Labute approximate surface area is 87.1 Å². The van der Waals surface area contributed by atoms with E-state index in [9.17, 15) is 0 Å². The van der Waals surface area contributed by atoms with Crippen LogP contribution in [0.3, 0.4) is 0 Å². The summed E-state index contributed by atoms with van der Waals surface area (Å²) in [7, 11) is 1.97. The Morgan fingerprint density at radius 1 is 1.53 bits per heavy atom. The first-order valence-corrected chi connectivity index (χ1v) is 5.00. The SMILES string of the molecule is Cn1cccc1-c1noc(C2CNC2)n1. The second-order valence-corrected chi connectivity index (χ2v) is 3.82. The van der Waals surface area contributed by atoms with Gasteiger partial charge in [0.15, 0.2) is 0 Å². The summed E-state index contributed by atoms with van der Waals surface area (Å²) in [6, 6.07) is 3.95. The van der Waals surface area contributed by atoms with Crippen LogP contribution in [0.1, 0.15) is 11.8 Å². The molecule has 3 heterocycles. The number of hydrogen-bond donors (Lipinski definition) is 1. The summed E-state index contributed by atoms with van der Waals surface area (Å²) >= 11 is 0. The van der Waals surface area contributed by atoms with Gasteiger partial charge in [-0.05, 0) is 12.1 Å². The van der Waals surface area contributed by atoms with Gasteiger partial charge >= 0.3 is 0 Å². The fourth-order valence-corrected chi connectivity index (χ4v) is 1.66. The van der Waals surface area contributed by atoms with Crippen LogP contribution in [0.4, 0.5) is 0 Å². The van der Waals surface area contributed by atoms with Gasteiger partial charge in [0.25, 0.3) is 0 Å². The van der Waals surface area contributed by atoms with Crippen molar-refractivity contribution in [1.82, 2.24) is 20.0 Å². The van der Waals surface area contributed by atoms with Crippen molar-refractivity contribution in [3.8, 4) is 11.5 Å². The van der Waals surface area contributed by atoms with Crippen LogP contribution in [0.25, 0.3) is 11.5 Å². The molecule has 0 aromatic carbocycles. The van der Waals surface area contributed by atoms with E-state index < -0.39 is 0 Å². The lowest BCUT2D eigenvalue weighted by molar-refractivity contribution is 0.308. The largest absolute Gasteiger partial charge is 0.348 e. The van der Waals surface area contributed by atoms with Crippen molar-refractivity contribution in [2.24, 2.45) is 7.05 Å². The molecule has 15 heavy (non-hydrogen) atoms. The van der Waals surface area contributed by atoms with Crippen molar-refractivity contribution < 1.29 is 4.52 Å². The predicted octanol–water partition coefficient (Wildman–Crippen LogP) is 0.762. The fourth-order valence-electron chi connectivity index (χ4n) is 1.66. The Balaban J connectivity index is 1.93. The fraction of sp³-hybridized carbons (Fsp3) is 0.400. The molecule has 0 atom stereocenters. The molecule has 0 bridgehead atoms. The average molecular weight is 204 g/mol. The van der Waals surface area contributed by atoms with E-state index in [0.29, 0.717) is 11.7 Å². The Bertz CT molecular complexity index is 469. The van der Waals surface area contributed by atoms with Crippen molar-refractivity contribution in [1.29, 1.82) is 0 Å². The lowest BCUT2D eigenvalue weighted by atomic mass is 10.0. The molecule has 1 fully saturated rings. The molecule has 2 aromatic heterocycles. The maximum Gasteiger partial charge on any atom is 0.232 e. The van der Waals surface area contributed by atoms with Gasteiger partial charge in [0.05, 0.1) is 11.6 Å². The quantitative estimate of drug-likeness (QED) is 0.784. The molecule has 5 heteroatoms. The second kappa shape index (κ2) is 3.20. The number of nitrogens with zero attached hydrogens (tertiary/aromatic N) is 3. The van der Waals surface area contributed by atoms with E-state index >= 15 is 0 Å². The molecule has 0 saturated carbocycles. The van der Waals surface area contributed by atoms with Crippen LogP contribution < -0.4 is 5.32 Å². The van der Waals surface area contributed by atoms with Crippen LogP contribution in [-0.4, -0.2) is 27.8 Å². The first kappa shape index (κ1) is 8.67. The first-order chi connectivity index (χ1) is 7.34. The van der Waals surface area contributed by atoms with Crippen LogP contribution in [0, 0.1) is 0 Å². The second-order valence-electron chi connectivity index (χ2n) is 3.82. The molecule has 0 unspecified atom stereocenters. The summed E-state index contributed by atoms with van der Waals surface area (Å²) in [6.45, 7) is 1.88. The molecule has 0 amide bonds. The van der Waals surface area contributed by atoms with Crippen molar-refractivity contribution in [2.45, 2.75) is 5.92 Å². The minimum Gasteiger partial charge on any atom is -0.348 e. The Hall–Kier alpha value is -1.62. The summed E-state index contributed by atoms with van der Waals surface area (Å²) in [5.74, 6) is 1.81. The van der Waals surface area contributed by atoms with E-state index in [1.807, 2.05) is 29.9 Å². The lowest BCUT2D eigenvalue weighted by Crippen LogP contribution is -2.40. The van der Waals surface area contributed by atoms with Gasteiger partial charge in [0.1, 0.15) is 0 Å². The standard InChI is InChI=1S/C10H12N4O/c1-14-4-2-3-8(14)9-12-10(15-13-9)7-5-11-6-7/h2-4,7,11H,5-6H2,1H3. The van der Waals surface area contributed by atoms with E-state index in [2.05, 4.69) is 15.5 Å². The van der Waals surface area contributed by atoms with Gasteiger partial charge in [-0.15, -0.1) is 0 Å². The molecule has 0 spiro atoms. The molecule has 1 saturated heterocycles. The van der Waals surface area contributed by atoms with Gasteiger partial charge in [-0.25, -0.2) is 0 Å². The zero-order valence-electron chi connectivity index (χ0n) is 8.47. The molecule has 1 N–H and O–H groups in total. The number of aryl methyl sites for hydroxylation is 1. The summed E-state index contributed by atoms with van der Waals surface area (Å²) < 4.78 is 7.21. The number of hydrogen-bond acceptors (Lipinski definition) is 4. The van der Waals surface area contributed by atoms with E-state index in [1.165, 1.54) is 0 Å². The molecule has 78 valence electrons. The highest BCUT2D eigenvalue weighted by molar-refractivity contribution is 5.49. The molecular weight excluding hydrogens is 192 g/mol. The van der Waals surface area contributed by atoms with Crippen LogP contribution in [0.15, 0.2) is 22.9 Å². The van der Waals surface area contributed by atoms with Gasteiger partial charge in [-0.1, -0.05) is 5.16 Å². The molecule has 1 aliphatic rings. The minimum atomic E-state index is 0.395. The summed E-state index contributed by atoms with van der Waals surface area (Å²) in [5, 5.41) is 7.17. The summed E-state index contributed by atoms with van der Waals surface area (Å²) in [4.78, 5) is 4.40. The van der Waals surface area contributed by atoms with E-state index in [1.54, 1.807) is 0 Å². The lowest BCUT2D eigenvalue weighted by Gasteiger charge is -2.22. The molecule has 0 radical (unpaired) electrons. The van der Waals surface area contributed by atoms with Crippen molar-refractivity contribution in [3.63, 3.8) is 0 Å². The van der Waals surface area contributed by atoms with Gasteiger partial charge in [0.2, 0.25) is 11.7 Å². The monoisotopic (exact) mass is 204 g/mol. The van der Waals surface area contributed by atoms with Gasteiger partial charge in [-0.3, -0.25) is 0 Å².